The Morgan fingerprint density at radius 3 is 2.40 bits per heavy atom. The van der Waals surface area contributed by atoms with Gasteiger partial charge in [-0.1, -0.05) is 51.7 Å². The Morgan fingerprint density at radius 1 is 0.945 bits per heavy atom. The van der Waals surface area contributed by atoms with Crippen LogP contribution in [0.1, 0.15) is 81.8 Å². The molecule has 4 atom stereocenters. The molecule has 2 aromatic carbocycles. The van der Waals surface area contributed by atoms with Crippen LogP contribution in [0.15, 0.2) is 53.7 Å². The van der Waals surface area contributed by atoms with Gasteiger partial charge in [0.05, 0.1) is 55.8 Å². The van der Waals surface area contributed by atoms with Crippen molar-refractivity contribution < 1.29 is 33.7 Å². The number of nitrogens with one attached hydrogen (secondary N) is 3. The lowest BCUT2D eigenvalue weighted by Crippen LogP contribution is -2.51. The lowest BCUT2D eigenvalue weighted by Gasteiger charge is -2.30. The Kier molecular flexibility index (Phi) is 12.0. The highest BCUT2D eigenvalue weighted by atomic mass is 17.2. The number of amides is 3. The van der Waals surface area contributed by atoms with E-state index in [0.29, 0.717) is 23.7 Å². The molecule has 0 bridgehead atoms. The van der Waals surface area contributed by atoms with E-state index < -0.39 is 24.2 Å². The van der Waals surface area contributed by atoms with E-state index in [0.717, 1.165) is 47.1 Å². The topological polar surface area (TPSA) is 184 Å². The lowest BCUT2D eigenvalue weighted by molar-refractivity contribution is -0.188. The fourth-order valence-electron chi connectivity index (χ4n) is 6.98. The largest absolute Gasteiger partial charge is 0.453 e. The van der Waals surface area contributed by atoms with Crippen LogP contribution in [0.2, 0.25) is 0 Å². The summed E-state index contributed by atoms with van der Waals surface area (Å²) in [5.74, 6) is 6.92. The number of aliphatic imine (C=N–C) groups is 1. The van der Waals surface area contributed by atoms with E-state index in [4.69, 9.17) is 14.6 Å². The zero-order valence-electron chi connectivity index (χ0n) is 31.8. The van der Waals surface area contributed by atoms with E-state index in [1.165, 1.54) is 19.1 Å². The average Bonchev–Trinajstić information content (AvgIpc) is 4.00. The van der Waals surface area contributed by atoms with Gasteiger partial charge in [0.2, 0.25) is 18.2 Å². The first-order valence-electron chi connectivity index (χ1n) is 18.3. The fraction of sp³-hybridized carbons (Fsp3) is 0.425. The van der Waals surface area contributed by atoms with Gasteiger partial charge >= 0.3 is 6.09 Å². The summed E-state index contributed by atoms with van der Waals surface area (Å²) >= 11 is 0. The molecule has 4 heterocycles. The molecule has 55 heavy (non-hydrogen) atoms. The van der Waals surface area contributed by atoms with E-state index >= 15 is 0 Å². The third kappa shape index (κ3) is 8.70. The molecule has 0 unspecified atom stereocenters. The number of ether oxygens (including phenoxy) is 1. The Labute approximate surface area is 319 Å². The second kappa shape index (κ2) is 17.0. The van der Waals surface area contributed by atoms with Crippen LogP contribution in [0.25, 0.3) is 22.3 Å². The number of ketones is 1. The van der Waals surface area contributed by atoms with Crippen molar-refractivity contribution in [2.24, 2.45) is 16.8 Å². The number of H-pyrrole nitrogens is 2. The summed E-state index contributed by atoms with van der Waals surface area (Å²) in [4.78, 5) is 84.5. The number of Topliss-reactive ketones (excluding diaryl/α,β-unsaturated/α-hetero) is 1. The van der Waals surface area contributed by atoms with E-state index in [1.807, 2.05) is 70.2 Å². The number of alkyl carbamates (subject to hydrolysis) is 1. The normalized spacial score (nSPS) is 18.2. The number of imidazole rings is 2. The number of hydrogen-bond acceptors (Lipinski definition) is 10. The van der Waals surface area contributed by atoms with E-state index in [9.17, 15) is 19.2 Å². The molecule has 2 fully saturated rings. The van der Waals surface area contributed by atoms with Crippen molar-refractivity contribution in [2.75, 3.05) is 27.3 Å². The van der Waals surface area contributed by atoms with Gasteiger partial charge in [0.1, 0.15) is 23.7 Å². The van der Waals surface area contributed by atoms with E-state index in [2.05, 4.69) is 42.0 Å². The Morgan fingerprint density at radius 2 is 1.69 bits per heavy atom. The number of methoxy groups -OCH3 is 1. The molecule has 2 aliphatic heterocycles. The average molecular weight is 751 g/mol. The molecule has 3 amide bonds. The number of fused-ring (bicyclic) bond motifs is 1. The molecular formula is C40H46N8O7. The number of carbonyl (C=O) groups is 4. The summed E-state index contributed by atoms with van der Waals surface area (Å²) in [6, 6.07) is 11.2. The quantitative estimate of drug-likeness (QED) is 0.0633. The van der Waals surface area contributed by atoms with Crippen molar-refractivity contribution in [3.05, 3.63) is 71.4 Å². The Hall–Kier alpha value is -6.01. The second-order valence-electron chi connectivity index (χ2n) is 14.3. The van der Waals surface area contributed by atoms with Gasteiger partial charge < -0.3 is 34.7 Å². The van der Waals surface area contributed by atoms with Crippen LogP contribution in [-0.4, -0.2) is 99.2 Å². The van der Waals surface area contributed by atoms with Crippen molar-refractivity contribution in [2.45, 2.75) is 71.1 Å². The zero-order chi connectivity index (χ0) is 39.2. The van der Waals surface area contributed by atoms with Gasteiger partial charge in [0, 0.05) is 24.1 Å². The van der Waals surface area contributed by atoms with Crippen LogP contribution < -0.4 is 5.32 Å². The summed E-state index contributed by atoms with van der Waals surface area (Å²) in [7, 11) is 2.63. The number of likely N-dealkylation sites (tertiary alicyclic amines) is 2. The first kappa shape index (κ1) is 38.7. The predicted octanol–water partition coefficient (Wildman–Crippen LogP) is 4.87. The highest BCUT2D eigenvalue weighted by Gasteiger charge is 2.41. The van der Waals surface area contributed by atoms with Gasteiger partial charge in [-0.15, -0.1) is 0 Å². The fourth-order valence-corrected chi connectivity index (χ4v) is 6.98. The first-order chi connectivity index (χ1) is 26.5. The molecule has 4 aromatic rings. The molecular weight excluding hydrogens is 704 g/mol. The molecule has 15 heteroatoms. The second-order valence-corrected chi connectivity index (χ2v) is 14.3. The number of aromatic nitrogens is 4. The number of hydrogen-bond donors (Lipinski definition) is 3. The molecule has 2 aromatic heterocycles. The molecule has 0 aliphatic carbocycles. The van der Waals surface area contributed by atoms with Gasteiger partial charge in [0.15, 0.2) is 5.78 Å². The summed E-state index contributed by atoms with van der Waals surface area (Å²) in [5, 5.41) is 2.68. The van der Waals surface area contributed by atoms with Crippen molar-refractivity contribution in [3.8, 4) is 23.1 Å². The maximum Gasteiger partial charge on any atom is 0.407 e. The number of nitrogens with zero attached hydrogens (tertiary/aromatic N) is 5. The lowest BCUT2D eigenvalue weighted by atomic mass is 10.0. The number of rotatable bonds is 11. The Balaban J connectivity index is 1.13. The molecule has 2 saturated heterocycles. The molecule has 0 spiro atoms. The van der Waals surface area contributed by atoms with Gasteiger partial charge in [-0.2, -0.15) is 4.89 Å². The van der Waals surface area contributed by atoms with Crippen molar-refractivity contribution in [3.63, 3.8) is 0 Å². The standard InChI is InChI=1S/C40H46N8O7/c1-23(2)34(42-22-55-54-6)38(50)48-21-28(49)19-33(48)37-43-29-16-13-26(18-30(29)44-37)10-9-25-11-14-27(15-12-25)31-20-41-36(45-31)32-8-7-17-47(32)39(51)35(24(3)4)46-40(52)53-5/h11-16,18,20,22-24,32-35H,7-8,17,19,21H2,1-6H3,(H,41,45)(H,43,44)(H,46,52)/t32-,33-,34-,35-/m0/s1. The van der Waals surface area contributed by atoms with Gasteiger partial charge in [0.25, 0.3) is 0 Å². The van der Waals surface area contributed by atoms with Crippen LogP contribution >= 0.6 is 0 Å². The first-order valence-corrected chi connectivity index (χ1v) is 18.3. The number of benzene rings is 2. The van der Waals surface area contributed by atoms with E-state index in [-0.39, 0.29) is 48.4 Å². The Bertz CT molecular complexity index is 2130. The molecule has 0 saturated carbocycles. The maximum atomic E-state index is 13.5. The van der Waals surface area contributed by atoms with E-state index in [1.54, 1.807) is 11.1 Å². The smallest absolute Gasteiger partial charge is 0.407 e. The minimum atomic E-state index is -0.747. The molecule has 6 rings (SSSR count). The third-order valence-corrected chi connectivity index (χ3v) is 9.87. The molecule has 0 radical (unpaired) electrons. The molecule has 15 nitrogen and oxygen atoms in total. The van der Waals surface area contributed by atoms with Crippen LogP contribution in [0.3, 0.4) is 0 Å². The van der Waals surface area contributed by atoms with Gasteiger partial charge in [-0.25, -0.2) is 19.8 Å². The van der Waals surface area contributed by atoms with Crippen LogP contribution in [0.4, 0.5) is 4.79 Å². The number of carbonyl (C=O) groups excluding carboxylic acids is 4. The predicted molar refractivity (Wildman–Crippen MR) is 203 cm³/mol. The third-order valence-electron chi connectivity index (χ3n) is 9.87. The van der Waals surface area contributed by atoms with Crippen LogP contribution in [0.5, 0.6) is 0 Å². The summed E-state index contributed by atoms with van der Waals surface area (Å²) in [5.41, 5.74) is 4.77. The van der Waals surface area contributed by atoms with Crippen LogP contribution in [-0.2, 0) is 28.9 Å². The molecule has 3 N–H and O–H groups in total. The summed E-state index contributed by atoms with van der Waals surface area (Å²) < 4.78 is 4.74. The minimum absolute atomic E-state index is 0.0158. The SMILES string of the molecule is COOC=N[C@H](C(=O)N1CC(=O)C[C@H]1c1nc2ccc(C#Cc3ccc(-c4cnc([C@@H]5CCCN5C(=O)[C@@H](NC(=O)OC)C(C)C)[nH]4)cc3)cc2[nH]1)C(C)C. The zero-order valence-corrected chi connectivity index (χ0v) is 31.8. The summed E-state index contributed by atoms with van der Waals surface area (Å²) in [6.45, 7) is 8.09. The summed E-state index contributed by atoms with van der Waals surface area (Å²) in [6.07, 6.45) is 3.98. The van der Waals surface area contributed by atoms with Crippen molar-refractivity contribution in [1.82, 2.24) is 35.1 Å². The maximum absolute atomic E-state index is 13.5. The molecule has 2 aliphatic rings. The molecule has 288 valence electrons. The van der Waals surface area contributed by atoms with Gasteiger partial charge in [-0.05, 0) is 60.6 Å². The van der Waals surface area contributed by atoms with Gasteiger partial charge in [-0.3, -0.25) is 14.4 Å². The highest BCUT2D eigenvalue weighted by Crippen LogP contribution is 2.34. The minimum Gasteiger partial charge on any atom is -0.453 e. The van der Waals surface area contributed by atoms with Crippen molar-refractivity contribution >= 4 is 41.1 Å². The number of aromatic amines is 2. The van der Waals surface area contributed by atoms with Crippen molar-refractivity contribution in [1.29, 1.82) is 0 Å². The highest BCUT2D eigenvalue weighted by molar-refractivity contribution is 5.93. The monoisotopic (exact) mass is 750 g/mol. The van der Waals surface area contributed by atoms with Crippen LogP contribution in [0, 0.1) is 23.7 Å².